The fourth-order valence-corrected chi connectivity index (χ4v) is 1.43. The van der Waals surface area contributed by atoms with Crippen molar-refractivity contribution in [2.75, 3.05) is 36.9 Å². The van der Waals surface area contributed by atoms with E-state index in [1.54, 1.807) is 0 Å². The second-order valence-corrected chi connectivity index (χ2v) is 4.67. The molecule has 0 aliphatic heterocycles. The molecule has 0 saturated heterocycles. The van der Waals surface area contributed by atoms with Gasteiger partial charge in [0.05, 0.1) is 6.20 Å². The number of nitrogens with zero attached hydrogens (tertiary/aromatic N) is 2. The molecule has 0 aliphatic carbocycles. The first kappa shape index (κ1) is 15.6. The minimum absolute atomic E-state index is 0.231. The first-order chi connectivity index (χ1) is 9.13. The molecule has 0 unspecified atom stereocenters. The van der Waals surface area contributed by atoms with Crippen molar-refractivity contribution < 1.29 is 9.13 Å². The van der Waals surface area contributed by atoms with E-state index in [4.69, 9.17) is 4.74 Å². The average Bonchev–Trinajstić information content (AvgIpc) is 2.37. The number of anilines is 2. The second kappa shape index (κ2) is 8.63. The van der Waals surface area contributed by atoms with E-state index < -0.39 is 5.82 Å². The Hall–Kier alpha value is -1.43. The van der Waals surface area contributed by atoms with Crippen molar-refractivity contribution >= 4 is 11.8 Å². The highest BCUT2D eigenvalue weighted by molar-refractivity contribution is 5.40. The van der Waals surface area contributed by atoms with E-state index in [0.29, 0.717) is 31.6 Å². The van der Waals surface area contributed by atoms with Gasteiger partial charge in [-0.3, -0.25) is 0 Å². The molecule has 0 spiro atoms. The van der Waals surface area contributed by atoms with Crippen LogP contribution in [0.4, 0.5) is 16.2 Å². The Morgan fingerprint density at radius 1 is 1.37 bits per heavy atom. The van der Waals surface area contributed by atoms with Crippen molar-refractivity contribution in [2.24, 2.45) is 5.92 Å². The topological polar surface area (TPSA) is 59.1 Å². The molecule has 0 atom stereocenters. The van der Waals surface area contributed by atoms with Crippen molar-refractivity contribution in [1.29, 1.82) is 0 Å². The molecule has 19 heavy (non-hydrogen) atoms. The number of aromatic nitrogens is 2. The average molecular weight is 270 g/mol. The van der Waals surface area contributed by atoms with Crippen LogP contribution in [0.3, 0.4) is 0 Å². The molecular formula is C13H23FN4O. The normalized spacial score (nSPS) is 10.8. The quantitative estimate of drug-likeness (QED) is 0.675. The second-order valence-electron chi connectivity index (χ2n) is 4.67. The summed E-state index contributed by atoms with van der Waals surface area (Å²) in [6.45, 7) is 8.90. The number of hydrogen-bond donors (Lipinski definition) is 2. The maximum Gasteiger partial charge on any atom is 0.224 e. The molecule has 108 valence electrons. The first-order valence-corrected chi connectivity index (χ1v) is 6.71. The molecule has 1 rings (SSSR count). The van der Waals surface area contributed by atoms with E-state index in [2.05, 4.69) is 34.4 Å². The third kappa shape index (κ3) is 6.33. The van der Waals surface area contributed by atoms with Crippen molar-refractivity contribution in [2.45, 2.75) is 27.2 Å². The van der Waals surface area contributed by atoms with E-state index in [1.165, 1.54) is 6.20 Å². The van der Waals surface area contributed by atoms with Gasteiger partial charge in [0.25, 0.3) is 0 Å². The monoisotopic (exact) mass is 270 g/mol. The Bertz CT molecular complexity index is 374. The van der Waals surface area contributed by atoms with Gasteiger partial charge in [0.15, 0.2) is 11.6 Å². The zero-order chi connectivity index (χ0) is 14.1. The van der Waals surface area contributed by atoms with E-state index in [1.807, 2.05) is 6.92 Å². The fourth-order valence-electron chi connectivity index (χ4n) is 1.43. The summed E-state index contributed by atoms with van der Waals surface area (Å²) >= 11 is 0. The van der Waals surface area contributed by atoms with Gasteiger partial charge in [-0.2, -0.15) is 4.98 Å². The molecule has 1 heterocycles. The number of nitrogens with one attached hydrogen (secondary N) is 2. The van der Waals surface area contributed by atoms with Crippen LogP contribution in [0.25, 0.3) is 0 Å². The fraction of sp³-hybridized carbons (Fsp3) is 0.692. The highest BCUT2D eigenvalue weighted by atomic mass is 19.1. The van der Waals surface area contributed by atoms with Crippen LogP contribution < -0.4 is 10.6 Å². The number of rotatable bonds is 9. The molecule has 0 aliphatic rings. The molecular weight excluding hydrogens is 247 g/mol. The third-order valence-electron chi connectivity index (χ3n) is 2.29. The minimum atomic E-state index is -0.440. The molecule has 5 nitrogen and oxygen atoms in total. The molecule has 6 heteroatoms. The zero-order valence-corrected chi connectivity index (χ0v) is 11.9. The van der Waals surface area contributed by atoms with Crippen LogP contribution in [-0.4, -0.2) is 36.3 Å². The van der Waals surface area contributed by atoms with Crippen LogP contribution >= 0.6 is 0 Å². The summed E-state index contributed by atoms with van der Waals surface area (Å²) in [6, 6.07) is 0. The molecule has 0 saturated carbocycles. The lowest BCUT2D eigenvalue weighted by Gasteiger charge is -2.09. The van der Waals surface area contributed by atoms with Gasteiger partial charge in [0, 0.05) is 26.3 Å². The van der Waals surface area contributed by atoms with Crippen LogP contribution in [0.15, 0.2) is 6.20 Å². The molecule has 0 aromatic carbocycles. The molecule has 0 bridgehead atoms. The van der Waals surface area contributed by atoms with E-state index in [9.17, 15) is 4.39 Å². The summed E-state index contributed by atoms with van der Waals surface area (Å²) in [5.41, 5.74) is 0. The van der Waals surface area contributed by atoms with Crippen LogP contribution in [0.5, 0.6) is 0 Å². The lowest BCUT2D eigenvalue weighted by Crippen LogP contribution is -2.12. The highest BCUT2D eigenvalue weighted by Gasteiger charge is 2.05. The van der Waals surface area contributed by atoms with Crippen LogP contribution in [0.1, 0.15) is 27.2 Å². The smallest absolute Gasteiger partial charge is 0.224 e. The lowest BCUT2D eigenvalue weighted by atomic mass is 10.2. The van der Waals surface area contributed by atoms with Crippen molar-refractivity contribution in [1.82, 2.24) is 9.97 Å². The Morgan fingerprint density at radius 3 is 2.84 bits per heavy atom. The lowest BCUT2D eigenvalue weighted by molar-refractivity contribution is 0.110. The predicted octanol–water partition coefficient (Wildman–Crippen LogP) is 2.52. The Labute approximate surface area is 114 Å². The Kier molecular flexibility index (Phi) is 7.10. The van der Waals surface area contributed by atoms with Gasteiger partial charge in [0.2, 0.25) is 5.95 Å². The van der Waals surface area contributed by atoms with Gasteiger partial charge in [-0.05, 0) is 19.3 Å². The molecule has 0 radical (unpaired) electrons. The SMILES string of the molecule is CCNc1ncc(F)c(NCCCOCC(C)C)n1. The number of halogens is 1. The summed E-state index contributed by atoms with van der Waals surface area (Å²) in [6.07, 6.45) is 1.98. The largest absolute Gasteiger partial charge is 0.381 e. The molecule has 1 aromatic rings. The van der Waals surface area contributed by atoms with Gasteiger partial charge in [-0.25, -0.2) is 9.37 Å². The Balaban J connectivity index is 2.30. The van der Waals surface area contributed by atoms with E-state index >= 15 is 0 Å². The van der Waals surface area contributed by atoms with Gasteiger partial charge in [0.1, 0.15) is 0 Å². The third-order valence-corrected chi connectivity index (χ3v) is 2.29. The molecule has 0 amide bonds. The highest BCUT2D eigenvalue weighted by Crippen LogP contribution is 2.11. The van der Waals surface area contributed by atoms with Crippen molar-refractivity contribution in [3.05, 3.63) is 12.0 Å². The standard InChI is InChI=1S/C13H23FN4O/c1-4-15-13-17-8-11(14)12(18-13)16-6-5-7-19-9-10(2)3/h8,10H,4-7,9H2,1-3H3,(H2,15,16,17,18). The number of hydrogen-bond acceptors (Lipinski definition) is 5. The minimum Gasteiger partial charge on any atom is -0.381 e. The molecule has 2 N–H and O–H groups in total. The van der Waals surface area contributed by atoms with E-state index in [0.717, 1.165) is 13.0 Å². The molecule has 0 fully saturated rings. The summed E-state index contributed by atoms with van der Waals surface area (Å²) in [7, 11) is 0. The Morgan fingerprint density at radius 2 is 2.16 bits per heavy atom. The maximum absolute atomic E-state index is 13.4. The summed E-state index contributed by atoms with van der Waals surface area (Å²) in [5, 5.41) is 5.90. The zero-order valence-electron chi connectivity index (χ0n) is 11.9. The number of ether oxygens (including phenoxy) is 1. The van der Waals surface area contributed by atoms with Crippen molar-refractivity contribution in [3.63, 3.8) is 0 Å². The molecule has 1 aromatic heterocycles. The summed E-state index contributed by atoms with van der Waals surface area (Å²) in [4.78, 5) is 7.90. The van der Waals surface area contributed by atoms with Gasteiger partial charge < -0.3 is 15.4 Å². The van der Waals surface area contributed by atoms with Crippen molar-refractivity contribution in [3.8, 4) is 0 Å². The van der Waals surface area contributed by atoms with Gasteiger partial charge in [-0.15, -0.1) is 0 Å². The van der Waals surface area contributed by atoms with Crippen LogP contribution in [-0.2, 0) is 4.74 Å². The summed E-state index contributed by atoms with van der Waals surface area (Å²) < 4.78 is 18.9. The van der Waals surface area contributed by atoms with Gasteiger partial charge in [-0.1, -0.05) is 13.8 Å². The maximum atomic E-state index is 13.4. The predicted molar refractivity (Wildman–Crippen MR) is 74.9 cm³/mol. The van der Waals surface area contributed by atoms with Crippen LogP contribution in [0.2, 0.25) is 0 Å². The van der Waals surface area contributed by atoms with E-state index in [-0.39, 0.29) is 5.82 Å². The van der Waals surface area contributed by atoms with Crippen LogP contribution in [0, 0.1) is 11.7 Å². The first-order valence-electron chi connectivity index (χ1n) is 6.71. The van der Waals surface area contributed by atoms with Gasteiger partial charge >= 0.3 is 0 Å². The summed E-state index contributed by atoms with van der Waals surface area (Å²) in [5.74, 6) is 0.761.